The second-order valence-corrected chi connectivity index (χ2v) is 8.38. The highest BCUT2D eigenvalue weighted by Gasteiger charge is 2.49. The van der Waals surface area contributed by atoms with Crippen LogP contribution in [0.2, 0.25) is 0 Å². The van der Waals surface area contributed by atoms with Gasteiger partial charge in [0.15, 0.2) is 0 Å². The van der Waals surface area contributed by atoms with Gasteiger partial charge in [-0.05, 0) is 87.0 Å². The predicted octanol–water partition coefficient (Wildman–Crippen LogP) is 5.26. The number of aliphatic hydroxyl groups excluding tert-OH is 1. The van der Waals surface area contributed by atoms with Crippen molar-refractivity contribution >= 4 is 0 Å². The first kappa shape index (κ1) is 15.3. The minimum atomic E-state index is -0.281. The Balaban J connectivity index is 1.98. The molecule has 0 aliphatic heterocycles. The van der Waals surface area contributed by atoms with E-state index >= 15 is 0 Å². The first-order valence-corrected chi connectivity index (χ1v) is 8.97. The zero-order valence-electron chi connectivity index (χ0n) is 14.1. The lowest BCUT2D eigenvalue weighted by Crippen LogP contribution is -2.32. The van der Waals surface area contributed by atoms with E-state index in [0.717, 1.165) is 24.3 Å². The number of allylic oxidation sites excluding steroid dienone is 2. The molecule has 0 amide bonds. The molecule has 0 aromatic rings. The Morgan fingerprint density at radius 2 is 1.86 bits per heavy atom. The van der Waals surface area contributed by atoms with Gasteiger partial charge in [-0.1, -0.05) is 31.6 Å². The molecule has 1 saturated carbocycles. The van der Waals surface area contributed by atoms with Gasteiger partial charge in [0.1, 0.15) is 0 Å². The smallest absolute Gasteiger partial charge is 0.0750 e. The summed E-state index contributed by atoms with van der Waals surface area (Å²) in [6.07, 6.45) is 9.55. The van der Waals surface area contributed by atoms with Crippen molar-refractivity contribution in [2.75, 3.05) is 0 Å². The molecule has 118 valence electrons. The average Bonchev–Trinajstić information content (AvgIpc) is 2.80. The zero-order valence-corrected chi connectivity index (χ0v) is 14.1. The minimum Gasteiger partial charge on any atom is -0.389 e. The zero-order chi connectivity index (χ0) is 15.2. The van der Waals surface area contributed by atoms with Crippen LogP contribution in [0, 0.1) is 23.2 Å². The van der Waals surface area contributed by atoms with Gasteiger partial charge in [0.2, 0.25) is 0 Å². The number of hydrogen-bond acceptors (Lipinski definition) is 1. The van der Waals surface area contributed by atoms with Gasteiger partial charge < -0.3 is 5.11 Å². The molecule has 5 atom stereocenters. The van der Waals surface area contributed by atoms with Crippen LogP contribution in [0.15, 0.2) is 23.3 Å². The van der Waals surface area contributed by atoms with Crippen LogP contribution < -0.4 is 0 Å². The van der Waals surface area contributed by atoms with Crippen molar-refractivity contribution < 1.29 is 5.11 Å². The van der Waals surface area contributed by atoms with E-state index in [1.54, 1.807) is 11.1 Å². The maximum atomic E-state index is 10.6. The second kappa shape index (κ2) is 5.57. The molecule has 0 radical (unpaired) electrons. The summed E-state index contributed by atoms with van der Waals surface area (Å²) in [5.74, 6) is 1.89. The summed E-state index contributed by atoms with van der Waals surface area (Å²) in [5, 5.41) is 10.6. The van der Waals surface area contributed by atoms with Crippen LogP contribution in [0.4, 0.5) is 0 Å². The van der Waals surface area contributed by atoms with E-state index in [1.807, 2.05) is 0 Å². The Morgan fingerprint density at radius 3 is 2.62 bits per heavy atom. The molecule has 2 bridgehead atoms. The Morgan fingerprint density at radius 1 is 1.10 bits per heavy atom. The van der Waals surface area contributed by atoms with Gasteiger partial charge in [-0.3, -0.25) is 0 Å². The fraction of sp³-hybridized carbons (Fsp3) is 0.800. The van der Waals surface area contributed by atoms with Crippen molar-refractivity contribution in [2.24, 2.45) is 23.2 Å². The summed E-state index contributed by atoms with van der Waals surface area (Å²) in [7, 11) is 0. The number of hydrogen-bond donors (Lipinski definition) is 1. The highest BCUT2D eigenvalue weighted by Crippen LogP contribution is 2.59. The van der Waals surface area contributed by atoms with E-state index in [2.05, 4.69) is 27.4 Å². The maximum absolute atomic E-state index is 10.6. The summed E-state index contributed by atoms with van der Waals surface area (Å²) < 4.78 is 0. The van der Waals surface area contributed by atoms with Crippen molar-refractivity contribution in [3.63, 3.8) is 0 Å². The summed E-state index contributed by atoms with van der Waals surface area (Å²) in [4.78, 5) is 0. The standard InChI is InChI=1S/C20H32O/c1-13-5-7-16-9-11-20(4)12-10-17(19(20)14(16)2)15(3)18(21)8-6-13/h13,17-19,21H,3,5-12H2,1-2,4H3/t13-,17+,18+,19-,20+/m1/s1. The summed E-state index contributed by atoms with van der Waals surface area (Å²) in [6, 6.07) is 0. The fourth-order valence-electron chi connectivity index (χ4n) is 5.41. The fourth-order valence-corrected chi connectivity index (χ4v) is 5.41. The third-order valence-corrected chi connectivity index (χ3v) is 6.98. The van der Waals surface area contributed by atoms with Gasteiger partial charge in [-0.25, -0.2) is 0 Å². The van der Waals surface area contributed by atoms with Crippen molar-refractivity contribution in [1.82, 2.24) is 0 Å². The predicted molar refractivity (Wildman–Crippen MR) is 89.0 cm³/mol. The molecule has 0 heterocycles. The van der Waals surface area contributed by atoms with E-state index in [9.17, 15) is 5.11 Å². The van der Waals surface area contributed by atoms with Crippen molar-refractivity contribution in [2.45, 2.75) is 78.2 Å². The third kappa shape index (κ3) is 2.63. The lowest BCUT2D eigenvalue weighted by Gasteiger charge is -2.41. The Bertz CT molecular complexity index is 460. The normalized spacial score (nSPS) is 44.7. The molecule has 3 aliphatic rings. The highest BCUT2D eigenvalue weighted by molar-refractivity contribution is 5.29. The van der Waals surface area contributed by atoms with E-state index in [4.69, 9.17) is 0 Å². The quantitative estimate of drug-likeness (QED) is 0.603. The average molecular weight is 288 g/mol. The van der Waals surface area contributed by atoms with Crippen molar-refractivity contribution in [1.29, 1.82) is 0 Å². The lowest BCUT2D eigenvalue weighted by atomic mass is 9.63. The monoisotopic (exact) mass is 288 g/mol. The molecule has 1 fully saturated rings. The molecular formula is C20H32O. The highest BCUT2D eigenvalue weighted by atomic mass is 16.3. The largest absolute Gasteiger partial charge is 0.389 e. The molecule has 1 N–H and O–H groups in total. The van der Waals surface area contributed by atoms with Crippen molar-refractivity contribution in [3.8, 4) is 0 Å². The molecular weight excluding hydrogens is 256 g/mol. The second-order valence-electron chi connectivity index (χ2n) is 8.38. The summed E-state index contributed by atoms with van der Waals surface area (Å²) >= 11 is 0. The first-order chi connectivity index (χ1) is 9.92. The molecule has 0 unspecified atom stereocenters. The number of rotatable bonds is 0. The van der Waals surface area contributed by atoms with E-state index in [-0.39, 0.29) is 6.10 Å². The van der Waals surface area contributed by atoms with Crippen molar-refractivity contribution in [3.05, 3.63) is 23.3 Å². The van der Waals surface area contributed by atoms with Crippen LogP contribution in [-0.4, -0.2) is 11.2 Å². The van der Waals surface area contributed by atoms with Gasteiger partial charge in [0.05, 0.1) is 6.10 Å². The lowest BCUT2D eigenvalue weighted by molar-refractivity contribution is 0.158. The van der Waals surface area contributed by atoms with Crippen LogP contribution >= 0.6 is 0 Å². The van der Waals surface area contributed by atoms with Crippen LogP contribution in [0.25, 0.3) is 0 Å². The Hall–Kier alpha value is -0.560. The maximum Gasteiger partial charge on any atom is 0.0750 e. The van der Waals surface area contributed by atoms with Gasteiger partial charge >= 0.3 is 0 Å². The summed E-state index contributed by atoms with van der Waals surface area (Å²) in [6.45, 7) is 11.6. The van der Waals surface area contributed by atoms with Crippen LogP contribution in [0.1, 0.15) is 72.1 Å². The number of aliphatic hydroxyl groups is 1. The molecule has 0 aromatic heterocycles. The van der Waals surface area contributed by atoms with E-state index in [1.165, 1.54) is 38.5 Å². The van der Waals surface area contributed by atoms with Gasteiger partial charge in [-0.15, -0.1) is 0 Å². The molecule has 21 heavy (non-hydrogen) atoms. The molecule has 0 saturated heterocycles. The molecule has 1 heteroatoms. The Labute approximate surface area is 130 Å². The molecule has 3 rings (SSSR count). The van der Waals surface area contributed by atoms with Gasteiger partial charge in [0, 0.05) is 0 Å². The van der Waals surface area contributed by atoms with Gasteiger partial charge in [-0.2, -0.15) is 0 Å². The van der Waals surface area contributed by atoms with Crippen LogP contribution in [0.3, 0.4) is 0 Å². The molecule has 3 aliphatic carbocycles. The van der Waals surface area contributed by atoms with Crippen LogP contribution in [-0.2, 0) is 0 Å². The molecule has 1 nitrogen and oxygen atoms in total. The minimum absolute atomic E-state index is 0.281. The van der Waals surface area contributed by atoms with E-state index in [0.29, 0.717) is 17.3 Å². The van der Waals surface area contributed by atoms with Crippen LogP contribution in [0.5, 0.6) is 0 Å². The molecule has 0 spiro atoms. The SMILES string of the molecule is C=C1[C@@H](O)CC[C@H](C)CCC2=C(C)[C@@H]3[C@H]1CC[C@]3(C)CC2. The van der Waals surface area contributed by atoms with E-state index < -0.39 is 0 Å². The Kier molecular flexibility index (Phi) is 4.07. The van der Waals surface area contributed by atoms with Gasteiger partial charge in [0.25, 0.3) is 0 Å². The topological polar surface area (TPSA) is 20.2 Å². The first-order valence-electron chi connectivity index (χ1n) is 8.97. The molecule has 0 aromatic carbocycles. The summed E-state index contributed by atoms with van der Waals surface area (Å²) in [5.41, 5.74) is 4.99. The third-order valence-electron chi connectivity index (χ3n) is 6.98.